The van der Waals surface area contributed by atoms with Gasteiger partial charge in [-0.05, 0) is 26.2 Å². The molecule has 1 saturated heterocycles. The van der Waals surface area contributed by atoms with E-state index < -0.39 is 5.97 Å². The van der Waals surface area contributed by atoms with E-state index in [0.717, 1.165) is 19.4 Å². The van der Waals surface area contributed by atoms with Crippen LogP contribution in [-0.2, 0) is 9.59 Å². The molecule has 0 aromatic rings. The molecule has 1 atom stereocenters. The minimum atomic E-state index is -0.862. The molecule has 0 aromatic carbocycles. The molecule has 0 saturated carbocycles. The number of carbonyl (C=O) groups excluding carboxylic acids is 1. The Kier molecular flexibility index (Phi) is 4.94. The first-order valence-electron chi connectivity index (χ1n) is 5.20. The van der Waals surface area contributed by atoms with E-state index in [2.05, 4.69) is 6.92 Å². The largest absolute Gasteiger partial charge is 0.481 e. The number of amides is 1. The Labute approximate surface area is 94.0 Å². The van der Waals surface area contributed by atoms with Crippen molar-refractivity contribution in [2.24, 2.45) is 0 Å². The fraction of sp³-hybridized carbons (Fsp3) is 0.800. The van der Waals surface area contributed by atoms with Gasteiger partial charge < -0.3 is 10.0 Å². The fourth-order valence-electron chi connectivity index (χ4n) is 1.78. The monoisotopic (exact) mass is 231 g/mol. The predicted octanol–water partition coefficient (Wildman–Crippen LogP) is 1.21. The lowest BCUT2D eigenvalue weighted by Gasteiger charge is -2.33. The average Bonchev–Trinajstić information content (AvgIpc) is 2.17. The third-order valence-electron chi connectivity index (χ3n) is 2.57. The molecule has 15 heavy (non-hydrogen) atoms. The molecule has 0 radical (unpaired) electrons. The van der Waals surface area contributed by atoms with Crippen LogP contribution in [-0.4, -0.2) is 46.0 Å². The smallest absolute Gasteiger partial charge is 0.313 e. The topological polar surface area (TPSA) is 57.6 Å². The van der Waals surface area contributed by atoms with Crippen molar-refractivity contribution < 1.29 is 14.7 Å². The summed E-state index contributed by atoms with van der Waals surface area (Å²) >= 11 is 1.17. The second-order valence-electron chi connectivity index (χ2n) is 3.82. The van der Waals surface area contributed by atoms with Gasteiger partial charge in [0.1, 0.15) is 0 Å². The first-order chi connectivity index (χ1) is 7.11. The van der Waals surface area contributed by atoms with Crippen molar-refractivity contribution in [3.8, 4) is 0 Å². The molecule has 86 valence electrons. The molecule has 0 spiro atoms. The maximum atomic E-state index is 11.7. The van der Waals surface area contributed by atoms with Crippen molar-refractivity contribution in [1.29, 1.82) is 0 Å². The summed E-state index contributed by atoms with van der Waals surface area (Å²) in [5.74, 6) is -0.488. The minimum Gasteiger partial charge on any atom is -0.481 e. The van der Waals surface area contributed by atoms with E-state index in [-0.39, 0.29) is 17.4 Å². The molecule has 5 heteroatoms. The van der Waals surface area contributed by atoms with Crippen LogP contribution in [0.1, 0.15) is 26.2 Å². The molecule has 1 heterocycles. The third kappa shape index (κ3) is 4.11. The number of carbonyl (C=O) groups is 2. The molecule has 1 rings (SSSR count). The number of aliphatic carboxylic acids is 1. The number of hydrogen-bond donors (Lipinski definition) is 1. The number of rotatable bonds is 4. The molecule has 0 aromatic heterocycles. The van der Waals surface area contributed by atoms with Crippen LogP contribution >= 0.6 is 11.8 Å². The molecule has 0 unspecified atom stereocenters. The Morgan fingerprint density at radius 3 is 2.73 bits per heavy atom. The van der Waals surface area contributed by atoms with Crippen molar-refractivity contribution in [1.82, 2.24) is 4.90 Å². The summed E-state index contributed by atoms with van der Waals surface area (Å²) in [5, 5.41) is 8.44. The highest BCUT2D eigenvalue weighted by Crippen LogP contribution is 2.17. The van der Waals surface area contributed by atoms with Gasteiger partial charge in [0.2, 0.25) is 5.91 Å². The zero-order valence-corrected chi connectivity index (χ0v) is 9.76. The van der Waals surface area contributed by atoms with E-state index in [1.807, 2.05) is 4.90 Å². The maximum Gasteiger partial charge on any atom is 0.313 e. The van der Waals surface area contributed by atoms with Crippen LogP contribution in [0, 0.1) is 0 Å². The molecule has 1 fully saturated rings. The summed E-state index contributed by atoms with van der Waals surface area (Å²) in [5.41, 5.74) is 0. The fourth-order valence-corrected chi connectivity index (χ4v) is 2.39. The van der Waals surface area contributed by atoms with Crippen LogP contribution in [0.2, 0.25) is 0 Å². The molecule has 1 aliphatic rings. The lowest BCUT2D eigenvalue weighted by Crippen LogP contribution is -2.43. The Balaban J connectivity index is 2.29. The number of piperidine rings is 1. The van der Waals surface area contributed by atoms with E-state index in [0.29, 0.717) is 6.04 Å². The number of hydrogen-bond acceptors (Lipinski definition) is 3. The van der Waals surface area contributed by atoms with Crippen LogP contribution in [0.15, 0.2) is 0 Å². The standard InChI is InChI=1S/C10H17NO3S/c1-8-4-2-3-5-11(8)9(12)6-15-7-10(13)14/h8H,2-7H2,1H3,(H,13,14)/t8-/m0/s1. The van der Waals surface area contributed by atoms with E-state index in [1.165, 1.54) is 18.2 Å². The Morgan fingerprint density at radius 2 is 2.13 bits per heavy atom. The molecular weight excluding hydrogens is 214 g/mol. The second-order valence-corrected chi connectivity index (χ2v) is 4.80. The van der Waals surface area contributed by atoms with Crippen LogP contribution in [0.4, 0.5) is 0 Å². The summed E-state index contributed by atoms with van der Waals surface area (Å²) in [4.78, 5) is 23.9. The molecular formula is C10H17NO3S. The van der Waals surface area contributed by atoms with E-state index in [4.69, 9.17) is 5.11 Å². The van der Waals surface area contributed by atoms with Crippen molar-refractivity contribution in [3.05, 3.63) is 0 Å². The highest BCUT2D eigenvalue weighted by Gasteiger charge is 2.22. The number of carboxylic acids is 1. The van der Waals surface area contributed by atoms with Crippen LogP contribution in [0.3, 0.4) is 0 Å². The van der Waals surface area contributed by atoms with Crippen molar-refractivity contribution >= 4 is 23.6 Å². The molecule has 4 nitrogen and oxygen atoms in total. The van der Waals surface area contributed by atoms with Gasteiger partial charge in [-0.2, -0.15) is 0 Å². The van der Waals surface area contributed by atoms with Gasteiger partial charge in [0.25, 0.3) is 0 Å². The normalized spacial score (nSPS) is 21.4. The number of nitrogens with zero attached hydrogens (tertiary/aromatic N) is 1. The minimum absolute atomic E-state index is 0.00790. The number of likely N-dealkylation sites (tertiary alicyclic amines) is 1. The molecule has 1 aliphatic heterocycles. The summed E-state index contributed by atoms with van der Waals surface area (Å²) in [6.07, 6.45) is 3.32. The lowest BCUT2D eigenvalue weighted by atomic mass is 10.0. The SMILES string of the molecule is C[C@H]1CCCCN1C(=O)CSCC(=O)O. The number of thioether (sulfide) groups is 1. The summed E-state index contributed by atoms with van der Waals surface area (Å²) < 4.78 is 0. The second kappa shape index (κ2) is 6.00. The highest BCUT2D eigenvalue weighted by atomic mass is 32.2. The van der Waals surface area contributed by atoms with Gasteiger partial charge >= 0.3 is 5.97 Å². The van der Waals surface area contributed by atoms with E-state index in [1.54, 1.807) is 0 Å². The molecule has 1 N–H and O–H groups in total. The van der Waals surface area contributed by atoms with Gasteiger partial charge in [-0.3, -0.25) is 9.59 Å². The molecule has 1 amide bonds. The summed E-state index contributed by atoms with van der Waals surface area (Å²) in [6, 6.07) is 0.316. The highest BCUT2D eigenvalue weighted by molar-refractivity contribution is 8.00. The van der Waals surface area contributed by atoms with Crippen molar-refractivity contribution in [2.45, 2.75) is 32.2 Å². The Bertz CT molecular complexity index is 245. The lowest BCUT2D eigenvalue weighted by molar-refractivity contribution is -0.133. The van der Waals surface area contributed by atoms with Crippen molar-refractivity contribution in [2.75, 3.05) is 18.1 Å². The van der Waals surface area contributed by atoms with E-state index in [9.17, 15) is 9.59 Å². The van der Waals surface area contributed by atoms with Gasteiger partial charge in [-0.15, -0.1) is 11.8 Å². The third-order valence-corrected chi connectivity index (χ3v) is 3.48. The van der Waals surface area contributed by atoms with Gasteiger partial charge in [-0.25, -0.2) is 0 Å². The van der Waals surface area contributed by atoms with Crippen molar-refractivity contribution in [3.63, 3.8) is 0 Å². The summed E-state index contributed by atoms with van der Waals surface area (Å²) in [6.45, 7) is 2.88. The quantitative estimate of drug-likeness (QED) is 0.790. The molecule has 0 bridgehead atoms. The van der Waals surface area contributed by atoms with Crippen LogP contribution < -0.4 is 0 Å². The van der Waals surface area contributed by atoms with Gasteiger partial charge in [0.05, 0.1) is 11.5 Å². The van der Waals surface area contributed by atoms with Crippen LogP contribution in [0.25, 0.3) is 0 Å². The zero-order chi connectivity index (χ0) is 11.3. The first-order valence-corrected chi connectivity index (χ1v) is 6.35. The predicted molar refractivity (Wildman–Crippen MR) is 60.0 cm³/mol. The summed E-state index contributed by atoms with van der Waals surface area (Å²) in [7, 11) is 0. The zero-order valence-electron chi connectivity index (χ0n) is 8.94. The van der Waals surface area contributed by atoms with Crippen LogP contribution in [0.5, 0.6) is 0 Å². The number of carboxylic acid groups (broad SMARTS) is 1. The Hall–Kier alpha value is -0.710. The van der Waals surface area contributed by atoms with E-state index >= 15 is 0 Å². The van der Waals surface area contributed by atoms with Gasteiger partial charge in [0.15, 0.2) is 0 Å². The Morgan fingerprint density at radius 1 is 1.40 bits per heavy atom. The average molecular weight is 231 g/mol. The van der Waals surface area contributed by atoms with Gasteiger partial charge in [0, 0.05) is 12.6 Å². The van der Waals surface area contributed by atoms with Gasteiger partial charge in [-0.1, -0.05) is 0 Å². The first kappa shape index (κ1) is 12.4. The maximum absolute atomic E-state index is 11.7. The molecule has 0 aliphatic carbocycles.